The number of thiophene rings is 1. The minimum absolute atomic E-state index is 0.165. The Morgan fingerprint density at radius 1 is 1.19 bits per heavy atom. The first-order chi connectivity index (χ1) is 12.5. The van der Waals surface area contributed by atoms with E-state index >= 15 is 0 Å². The largest absolute Gasteiger partial charge is 0.351 e. The summed E-state index contributed by atoms with van der Waals surface area (Å²) in [5.74, 6) is -0.339. The topological polar surface area (TPSA) is 71.1 Å². The maximum absolute atomic E-state index is 12.1. The summed E-state index contributed by atoms with van der Waals surface area (Å²) in [6.45, 7) is 2.26. The van der Waals surface area contributed by atoms with Gasteiger partial charge in [0.2, 0.25) is 5.91 Å². The minimum Gasteiger partial charge on any atom is -0.351 e. The fourth-order valence-corrected chi connectivity index (χ4v) is 4.04. The SMILES string of the molecule is Cc1sc(NC(=O)CCNC(=O)c2ccsc2)nc1-c1ccc(Br)cc1. The van der Waals surface area contributed by atoms with Crippen LogP contribution in [0.15, 0.2) is 45.6 Å². The van der Waals surface area contributed by atoms with Crippen molar-refractivity contribution in [3.63, 3.8) is 0 Å². The number of anilines is 1. The van der Waals surface area contributed by atoms with Crippen molar-refractivity contribution in [2.45, 2.75) is 13.3 Å². The molecule has 26 heavy (non-hydrogen) atoms. The molecule has 8 heteroatoms. The van der Waals surface area contributed by atoms with Gasteiger partial charge in [0.1, 0.15) is 0 Å². The second-order valence-corrected chi connectivity index (χ2v) is 8.40. The molecular weight excluding hydrogens is 434 g/mol. The molecule has 134 valence electrons. The molecule has 2 aromatic heterocycles. The molecule has 2 heterocycles. The molecule has 3 aromatic rings. The van der Waals surface area contributed by atoms with E-state index in [9.17, 15) is 9.59 Å². The van der Waals surface area contributed by atoms with E-state index in [0.29, 0.717) is 10.7 Å². The third kappa shape index (κ3) is 4.78. The quantitative estimate of drug-likeness (QED) is 0.572. The average Bonchev–Trinajstić information content (AvgIpc) is 3.25. The number of carbonyl (C=O) groups excluding carboxylic acids is 2. The second kappa shape index (κ2) is 8.57. The number of hydrogen-bond acceptors (Lipinski definition) is 5. The fraction of sp³-hybridized carbons (Fsp3) is 0.167. The van der Waals surface area contributed by atoms with Gasteiger partial charge >= 0.3 is 0 Å². The number of amides is 2. The van der Waals surface area contributed by atoms with E-state index in [0.717, 1.165) is 20.6 Å². The Kier molecular flexibility index (Phi) is 6.18. The highest BCUT2D eigenvalue weighted by molar-refractivity contribution is 9.10. The van der Waals surface area contributed by atoms with Crippen LogP contribution in [0.3, 0.4) is 0 Å². The van der Waals surface area contributed by atoms with Crippen molar-refractivity contribution < 1.29 is 9.59 Å². The number of nitrogens with zero attached hydrogens (tertiary/aromatic N) is 1. The van der Waals surface area contributed by atoms with Crippen LogP contribution in [0, 0.1) is 6.92 Å². The van der Waals surface area contributed by atoms with Crippen molar-refractivity contribution >= 4 is 55.5 Å². The molecule has 0 atom stereocenters. The number of aryl methyl sites for hydroxylation is 1. The standard InChI is InChI=1S/C18H16BrN3O2S2/c1-11-16(12-2-4-14(19)5-3-12)22-18(26-11)21-15(23)6-8-20-17(24)13-7-9-25-10-13/h2-5,7,9-10H,6,8H2,1H3,(H,20,24)(H,21,22,23). The van der Waals surface area contributed by atoms with Crippen molar-refractivity contribution in [2.24, 2.45) is 0 Å². The molecule has 0 unspecified atom stereocenters. The Hall–Kier alpha value is -2.03. The van der Waals surface area contributed by atoms with Gasteiger partial charge in [-0.25, -0.2) is 4.98 Å². The number of benzene rings is 1. The van der Waals surface area contributed by atoms with Gasteiger partial charge in [0.15, 0.2) is 5.13 Å². The molecular formula is C18H16BrN3O2S2. The summed E-state index contributed by atoms with van der Waals surface area (Å²) in [6, 6.07) is 9.64. The van der Waals surface area contributed by atoms with Crippen LogP contribution < -0.4 is 10.6 Å². The number of thiazole rings is 1. The number of carbonyl (C=O) groups is 2. The van der Waals surface area contributed by atoms with Gasteiger partial charge in [0.05, 0.1) is 5.69 Å². The number of halogens is 1. The van der Waals surface area contributed by atoms with E-state index < -0.39 is 0 Å². The van der Waals surface area contributed by atoms with Crippen molar-refractivity contribution in [1.82, 2.24) is 10.3 Å². The molecule has 0 saturated heterocycles. The van der Waals surface area contributed by atoms with Gasteiger partial charge in [-0.05, 0) is 30.5 Å². The van der Waals surface area contributed by atoms with Crippen LogP contribution in [0.2, 0.25) is 0 Å². The van der Waals surface area contributed by atoms with E-state index in [2.05, 4.69) is 31.5 Å². The molecule has 1 aromatic carbocycles. The molecule has 3 rings (SSSR count). The van der Waals surface area contributed by atoms with Gasteiger partial charge in [0, 0.05) is 38.8 Å². The molecule has 0 saturated carbocycles. The van der Waals surface area contributed by atoms with Crippen LogP contribution in [0.5, 0.6) is 0 Å². The van der Waals surface area contributed by atoms with Crippen molar-refractivity contribution in [3.05, 3.63) is 56.0 Å². The lowest BCUT2D eigenvalue weighted by Gasteiger charge is -2.04. The molecule has 2 amide bonds. The summed E-state index contributed by atoms with van der Waals surface area (Å²) in [4.78, 5) is 29.5. The summed E-state index contributed by atoms with van der Waals surface area (Å²) < 4.78 is 1.01. The molecule has 0 aliphatic heterocycles. The third-order valence-corrected chi connectivity index (χ3v) is 5.68. The Labute approximate surface area is 167 Å². The van der Waals surface area contributed by atoms with Gasteiger partial charge in [-0.3, -0.25) is 9.59 Å². The van der Waals surface area contributed by atoms with Gasteiger partial charge in [0.25, 0.3) is 5.91 Å². The van der Waals surface area contributed by atoms with Gasteiger partial charge in [-0.15, -0.1) is 11.3 Å². The van der Waals surface area contributed by atoms with Crippen molar-refractivity contribution in [2.75, 3.05) is 11.9 Å². The zero-order chi connectivity index (χ0) is 18.5. The third-order valence-electron chi connectivity index (χ3n) is 3.58. The fourth-order valence-electron chi connectivity index (χ4n) is 2.29. The predicted octanol–water partition coefficient (Wildman–Crippen LogP) is 4.70. The van der Waals surface area contributed by atoms with Crippen molar-refractivity contribution in [1.29, 1.82) is 0 Å². The van der Waals surface area contributed by atoms with Crippen LogP contribution in [0.25, 0.3) is 11.3 Å². The van der Waals surface area contributed by atoms with Crippen LogP contribution >= 0.6 is 38.6 Å². The highest BCUT2D eigenvalue weighted by Crippen LogP contribution is 2.31. The zero-order valence-electron chi connectivity index (χ0n) is 13.9. The lowest BCUT2D eigenvalue weighted by Crippen LogP contribution is -2.27. The summed E-state index contributed by atoms with van der Waals surface area (Å²) >= 11 is 6.32. The molecule has 0 fully saturated rings. The summed E-state index contributed by atoms with van der Waals surface area (Å²) in [7, 11) is 0. The molecule has 0 aliphatic rings. The average molecular weight is 450 g/mol. The highest BCUT2D eigenvalue weighted by Gasteiger charge is 2.12. The summed E-state index contributed by atoms with van der Waals surface area (Å²) in [6.07, 6.45) is 0.197. The maximum atomic E-state index is 12.1. The highest BCUT2D eigenvalue weighted by atomic mass is 79.9. The number of nitrogens with one attached hydrogen (secondary N) is 2. The van der Waals surface area contributed by atoms with Crippen LogP contribution in [0.1, 0.15) is 21.7 Å². The molecule has 0 bridgehead atoms. The van der Waals surface area contributed by atoms with Crippen LogP contribution in [-0.4, -0.2) is 23.3 Å². The normalized spacial score (nSPS) is 10.5. The first-order valence-electron chi connectivity index (χ1n) is 7.86. The van der Waals surface area contributed by atoms with Crippen molar-refractivity contribution in [3.8, 4) is 11.3 Å². The molecule has 2 N–H and O–H groups in total. The lowest BCUT2D eigenvalue weighted by atomic mass is 10.1. The van der Waals surface area contributed by atoms with Gasteiger partial charge in [-0.2, -0.15) is 11.3 Å². The molecule has 0 radical (unpaired) electrons. The van der Waals surface area contributed by atoms with Crippen LogP contribution in [0.4, 0.5) is 5.13 Å². The molecule has 5 nitrogen and oxygen atoms in total. The van der Waals surface area contributed by atoms with E-state index in [1.807, 2.05) is 36.6 Å². The Bertz CT molecular complexity index is 905. The smallest absolute Gasteiger partial charge is 0.252 e. The van der Waals surface area contributed by atoms with Crippen LogP contribution in [-0.2, 0) is 4.79 Å². The Balaban J connectivity index is 1.54. The first-order valence-corrected chi connectivity index (χ1v) is 10.4. The minimum atomic E-state index is -0.174. The van der Waals surface area contributed by atoms with E-state index in [4.69, 9.17) is 0 Å². The predicted molar refractivity (Wildman–Crippen MR) is 110 cm³/mol. The second-order valence-electron chi connectivity index (χ2n) is 5.50. The van der Waals surface area contributed by atoms with Gasteiger partial charge < -0.3 is 10.6 Å². The summed E-state index contributed by atoms with van der Waals surface area (Å²) in [5, 5.41) is 9.72. The lowest BCUT2D eigenvalue weighted by molar-refractivity contribution is -0.116. The monoisotopic (exact) mass is 449 g/mol. The summed E-state index contributed by atoms with van der Waals surface area (Å²) in [5.41, 5.74) is 2.49. The van der Waals surface area contributed by atoms with Gasteiger partial charge in [-0.1, -0.05) is 28.1 Å². The molecule has 0 aliphatic carbocycles. The number of hydrogen-bond donors (Lipinski definition) is 2. The molecule has 0 spiro atoms. The zero-order valence-corrected chi connectivity index (χ0v) is 17.1. The van der Waals surface area contributed by atoms with E-state index in [-0.39, 0.29) is 24.8 Å². The number of aromatic nitrogens is 1. The Morgan fingerprint density at radius 3 is 2.65 bits per heavy atom. The Morgan fingerprint density at radius 2 is 1.96 bits per heavy atom. The number of rotatable bonds is 6. The van der Waals surface area contributed by atoms with E-state index in [1.165, 1.54) is 22.7 Å². The van der Waals surface area contributed by atoms with E-state index in [1.54, 1.807) is 11.4 Å². The first kappa shape index (κ1) is 18.8. The maximum Gasteiger partial charge on any atom is 0.252 e.